The van der Waals surface area contributed by atoms with Gasteiger partial charge in [0.25, 0.3) is 0 Å². The van der Waals surface area contributed by atoms with Crippen LogP contribution >= 0.6 is 22.6 Å². The molecule has 3 nitrogen and oxygen atoms in total. The maximum absolute atomic E-state index is 10.8. The van der Waals surface area contributed by atoms with Crippen molar-refractivity contribution in [3.63, 3.8) is 0 Å². The van der Waals surface area contributed by atoms with Gasteiger partial charge in [-0.15, -0.1) is 0 Å². The predicted octanol–water partition coefficient (Wildman–Crippen LogP) is 1.78. The number of halogens is 1. The fourth-order valence-electron chi connectivity index (χ4n) is 0.647. The van der Waals surface area contributed by atoms with Gasteiger partial charge in [0.15, 0.2) is 0 Å². The molecule has 0 fully saturated rings. The van der Waals surface area contributed by atoms with Crippen LogP contribution in [0.5, 0.6) is 0 Å². The van der Waals surface area contributed by atoms with Gasteiger partial charge in [0, 0.05) is 11.0 Å². The first-order chi connectivity index (χ1) is 5.81. The van der Waals surface area contributed by atoms with Crippen LogP contribution in [0.25, 0.3) is 0 Å². The third-order valence-electron chi connectivity index (χ3n) is 1.18. The highest BCUT2D eigenvalue weighted by atomic mass is 127. The lowest BCUT2D eigenvalue weighted by atomic mass is 10.4. The highest BCUT2D eigenvalue weighted by Crippen LogP contribution is 1.92. The fourth-order valence-corrected chi connectivity index (χ4v) is 0.959. The zero-order valence-corrected chi connectivity index (χ0v) is 9.50. The van der Waals surface area contributed by atoms with Crippen LogP contribution in [0.15, 0.2) is 0 Å². The summed E-state index contributed by atoms with van der Waals surface area (Å²) in [6.07, 6.45) is 1.42. The van der Waals surface area contributed by atoms with Crippen LogP contribution in [0, 0.1) is 0 Å². The number of carbonyl (C=O) groups excluding carboxylic acids is 1. The summed E-state index contributed by atoms with van der Waals surface area (Å²) in [7, 11) is 0. The number of rotatable bonds is 7. The molecule has 72 valence electrons. The lowest BCUT2D eigenvalue weighted by Crippen LogP contribution is -2.08. The summed E-state index contributed by atoms with van der Waals surface area (Å²) in [5, 5.41) is 0. The van der Waals surface area contributed by atoms with E-state index in [0.29, 0.717) is 19.6 Å². The Labute approximate surface area is 86.9 Å². The van der Waals surface area contributed by atoms with Crippen LogP contribution in [-0.2, 0) is 14.3 Å². The first-order valence-electron chi connectivity index (χ1n) is 4.10. The SMILES string of the molecule is CCOC(=O)CCOCCCI. The van der Waals surface area contributed by atoms with Gasteiger partial charge in [-0.3, -0.25) is 4.79 Å². The molecule has 0 aromatic heterocycles. The quantitative estimate of drug-likeness (QED) is 0.310. The van der Waals surface area contributed by atoms with Crippen molar-refractivity contribution in [1.82, 2.24) is 0 Å². The summed E-state index contributed by atoms with van der Waals surface area (Å²) in [6, 6.07) is 0. The van der Waals surface area contributed by atoms with Crippen molar-refractivity contribution in [2.75, 3.05) is 24.2 Å². The van der Waals surface area contributed by atoms with Gasteiger partial charge < -0.3 is 9.47 Å². The van der Waals surface area contributed by atoms with E-state index in [9.17, 15) is 4.79 Å². The van der Waals surface area contributed by atoms with Crippen molar-refractivity contribution in [3.8, 4) is 0 Å². The first-order valence-corrected chi connectivity index (χ1v) is 5.63. The molecule has 0 radical (unpaired) electrons. The molecule has 0 aliphatic carbocycles. The minimum Gasteiger partial charge on any atom is -0.466 e. The van der Waals surface area contributed by atoms with Crippen LogP contribution in [0.1, 0.15) is 19.8 Å². The zero-order chi connectivity index (χ0) is 9.23. The highest BCUT2D eigenvalue weighted by molar-refractivity contribution is 14.1. The predicted molar refractivity (Wildman–Crippen MR) is 55.6 cm³/mol. The molecule has 0 aliphatic heterocycles. The Bertz CT molecular complexity index is 117. The van der Waals surface area contributed by atoms with Crippen molar-refractivity contribution in [2.24, 2.45) is 0 Å². The molecular weight excluding hydrogens is 271 g/mol. The monoisotopic (exact) mass is 286 g/mol. The molecule has 12 heavy (non-hydrogen) atoms. The van der Waals surface area contributed by atoms with E-state index >= 15 is 0 Å². The minimum absolute atomic E-state index is 0.174. The van der Waals surface area contributed by atoms with E-state index < -0.39 is 0 Å². The van der Waals surface area contributed by atoms with Crippen LogP contribution in [0.3, 0.4) is 0 Å². The van der Waals surface area contributed by atoms with E-state index in [1.165, 1.54) is 0 Å². The second kappa shape index (κ2) is 9.25. The van der Waals surface area contributed by atoms with Gasteiger partial charge in [0.2, 0.25) is 0 Å². The molecule has 0 saturated heterocycles. The van der Waals surface area contributed by atoms with Crippen LogP contribution in [0.2, 0.25) is 0 Å². The second-order valence-corrected chi connectivity index (χ2v) is 3.29. The molecule has 0 unspecified atom stereocenters. The van der Waals surface area contributed by atoms with Crippen LogP contribution in [-0.4, -0.2) is 30.2 Å². The topological polar surface area (TPSA) is 35.5 Å². The first kappa shape index (κ1) is 12.2. The summed E-state index contributed by atoms with van der Waals surface area (Å²) >= 11 is 2.29. The Kier molecular flexibility index (Phi) is 9.37. The molecule has 0 aliphatic rings. The molecule has 0 bridgehead atoms. The molecule has 0 N–H and O–H groups in total. The van der Waals surface area contributed by atoms with E-state index in [2.05, 4.69) is 22.6 Å². The molecule has 0 saturated carbocycles. The molecule has 0 amide bonds. The number of carbonyl (C=O) groups is 1. The highest BCUT2D eigenvalue weighted by Gasteiger charge is 1.99. The normalized spacial score (nSPS) is 9.83. The summed E-state index contributed by atoms with van der Waals surface area (Å²) in [4.78, 5) is 10.8. The molecule has 0 atom stereocenters. The average molecular weight is 286 g/mol. The Balaban J connectivity index is 3.03. The summed E-state index contributed by atoms with van der Waals surface area (Å²) in [6.45, 7) is 3.47. The number of hydrogen-bond donors (Lipinski definition) is 0. The molecular formula is C8H15IO3. The maximum Gasteiger partial charge on any atom is 0.308 e. The summed E-state index contributed by atoms with van der Waals surface area (Å²) in [5.41, 5.74) is 0. The van der Waals surface area contributed by atoms with Crippen LogP contribution < -0.4 is 0 Å². The van der Waals surface area contributed by atoms with E-state index in [4.69, 9.17) is 9.47 Å². The molecule has 0 spiro atoms. The van der Waals surface area contributed by atoms with Crippen molar-refractivity contribution in [1.29, 1.82) is 0 Å². The third kappa shape index (κ3) is 8.26. The summed E-state index contributed by atoms with van der Waals surface area (Å²) in [5.74, 6) is -0.174. The average Bonchev–Trinajstić information content (AvgIpc) is 2.05. The van der Waals surface area contributed by atoms with Gasteiger partial charge in [0.05, 0.1) is 19.6 Å². The Morgan fingerprint density at radius 1 is 1.42 bits per heavy atom. The standard InChI is InChI=1S/C8H15IO3/c1-2-12-8(10)4-7-11-6-3-5-9/h2-7H2,1H3. The van der Waals surface area contributed by atoms with E-state index in [1.807, 2.05) is 0 Å². The Hall–Kier alpha value is 0.160. The van der Waals surface area contributed by atoms with Crippen molar-refractivity contribution >= 4 is 28.6 Å². The van der Waals surface area contributed by atoms with Crippen molar-refractivity contribution in [3.05, 3.63) is 0 Å². The minimum atomic E-state index is -0.174. The summed E-state index contributed by atoms with van der Waals surface area (Å²) < 4.78 is 11.0. The fraction of sp³-hybridized carbons (Fsp3) is 0.875. The van der Waals surface area contributed by atoms with Gasteiger partial charge >= 0.3 is 5.97 Å². The van der Waals surface area contributed by atoms with E-state index in [0.717, 1.165) is 17.5 Å². The lowest BCUT2D eigenvalue weighted by Gasteiger charge is -2.02. The van der Waals surface area contributed by atoms with Gasteiger partial charge in [-0.25, -0.2) is 0 Å². The van der Waals surface area contributed by atoms with Gasteiger partial charge in [-0.2, -0.15) is 0 Å². The maximum atomic E-state index is 10.8. The lowest BCUT2D eigenvalue weighted by molar-refractivity contribution is -0.144. The van der Waals surface area contributed by atoms with E-state index in [1.54, 1.807) is 6.92 Å². The Morgan fingerprint density at radius 2 is 2.17 bits per heavy atom. The molecule has 0 rings (SSSR count). The molecule has 4 heteroatoms. The number of alkyl halides is 1. The van der Waals surface area contributed by atoms with Gasteiger partial charge in [-0.05, 0) is 13.3 Å². The van der Waals surface area contributed by atoms with Gasteiger partial charge in [-0.1, -0.05) is 22.6 Å². The third-order valence-corrected chi connectivity index (χ3v) is 1.94. The van der Waals surface area contributed by atoms with Gasteiger partial charge in [0.1, 0.15) is 0 Å². The number of hydrogen-bond acceptors (Lipinski definition) is 3. The number of esters is 1. The Morgan fingerprint density at radius 3 is 2.75 bits per heavy atom. The molecule has 0 aromatic rings. The largest absolute Gasteiger partial charge is 0.466 e. The second-order valence-electron chi connectivity index (χ2n) is 2.21. The molecule has 0 aromatic carbocycles. The number of ether oxygens (including phenoxy) is 2. The van der Waals surface area contributed by atoms with Crippen molar-refractivity contribution < 1.29 is 14.3 Å². The smallest absolute Gasteiger partial charge is 0.308 e. The van der Waals surface area contributed by atoms with Crippen LogP contribution in [0.4, 0.5) is 0 Å². The van der Waals surface area contributed by atoms with E-state index in [-0.39, 0.29) is 5.97 Å². The zero-order valence-electron chi connectivity index (χ0n) is 7.35. The van der Waals surface area contributed by atoms with Crippen molar-refractivity contribution in [2.45, 2.75) is 19.8 Å². The molecule has 0 heterocycles.